The normalized spacial score (nSPS) is 13.6. The molecule has 0 fully saturated rings. The predicted octanol–water partition coefficient (Wildman–Crippen LogP) is -4.84. The number of nitrogens with zero attached hydrogens (tertiary/aromatic N) is 2. The summed E-state index contributed by atoms with van der Waals surface area (Å²) in [5.74, 6) is -4.78. The summed E-state index contributed by atoms with van der Waals surface area (Å²) in [6.07, 6.45) is 0.463. The SMILES string of the molecule is NC(=O)CCC(NC(=O)C(N)CCCN=C(N)N)C(=O)NC(CS)C(=O)NC(CCCN=C(N)N)C(=O)O. The van der Waals surface area contributed by atoms with Gasteiger partial charge >= 0.3 is 5.97 Å². The van der Waals surface area contributed by atoms with Crippen LogP contribution >= 0.6 is 12.6 Å². The molecule has 38 heavy (non-hydrogen) atoms. The van der Waals surface area contributed by atoms with Gasteiger partial charge in [0.2, 0.25) is 23.6 Å². The molecular weight excluding hydrogens is 522 g/mol. The zero-order valence-electron chi connectivity index (χ0n) is 21.0. The number of carboxylic acid groups (broad SMARTS) is 1. The molecular formula is C20H39N11O6S. The summed E-state index contributed by atoms with van der Waals surface area (Å²) < 4.78 is 0. The Bertz CT molecular complexity index is 878. The minimum Gasteiger partial charge on any atom is -0.480 e. The van der Waals surface area contributed by atoms with Gasteiger partial charge in [0, 0.05) is 25.3 Å². The van der Waals surface area contributed by atoms with Crippen molar-refractivity contribution in [1.29, 1.82) is 0 Å². The molecule has 0 saturated heterocycles. The molecule has 16 N–H and O–H groups in total. The highest BCUT2D eigenvalue weighted by atomic mass is 32.1. The average Bonchev–Trinajstić information content (AvgIpc) is 2.83. The summed E-state index contributed by atoms with van der Waals surface area (Å²) in [5.41, 5.74) is 31.9. The molecule has 4 amide bonds. The van der Waals surface area contributed by atoms with Gasteiger partial charge in [-0.15, -0.1) is 0 Å². The zero-order chi connectivity index (χ0) is 29.3. The number of primary amides is 1. The van der Waals surface area contributed by atoms with Crippen LogP contribution < -0.4 is 50.4 Å². The van der Waals surface area contributed by atoms with Gasteiger partial charge in [-0.1, -0.05) is 0 Å². The first kappa shape index (κ1) is 34.2. The molecule has 0 aromatic rings. The van der Waals surface area contributed by atoms with Gasteiger partial charge < -0.3 is 55.5 Å². The van der Waals surface area contributed by atoms with E-state index in [1.807, 2.05) is 0 Å². The van der Waals surface area contributed by atoms with E-state index in [0.29, 0.717) is 6.42 Å². The van der Waals surface area contributed by atoms with E-state index >= 15 is 0 Å². The number of guanidine groups is 2. The van der Waals surface area contributed by atoms with Crippen LogP contribution in [-0.2, 0) is 24.0 Å². The van der Waals surface area contributed by atoms with Crippen LogP contribution in [0.2, 0.25) is 0 Å². The van der Waals surface area contributed by atoms with E-state index in [-0.39, 0.29) is 62.9 Å². The molecule has 0 saturated carbocycles. The first-order valence-corrected chi connectivity index (χ1v) is 12.3. The minimum atomic E-state index is -1.30. The van der Waals surface area contributed by atoms with Crippen LogP contribution in [0.4, 0.5) is 0 Å². The summed E-state index contributed by atoms with van der Waals surface area (Å²) in [6.45, 7) is 0.408. The van der Waals surface area contributed by atoms with Gasteiger partial charge in [-0.25, -0.2) is 4.79 Å². The highest BCUT2D eigenvalue weighted by molar-refractivity contribution is 7.80. The Morgan fingerprint density at radius 1 is 0.711 bits per heavy atom. The van der Waals surface area contributed by atoms with Crippen molar-refractivity contribution in [1.82, 2.24) is 16.0 Å². The molecule has 0 bridgehead atoms. The van der Waals surface area contributed by atoms with Crippen molar-refractivity contribution in [3.8, 4) is 0 Å². The number of carboxylic acids is 1. The number of thiol groups is 1. The quantitative estimate of drug-likeness (QED) is 0.0307. The summed E-state index contributed by atoms with van der Waals surface area (Å²) in [5, 5.41) is 16.6. The predicted molar refractivity (Wildman–Crippen MR) is 144 cm³/mol. The Balaban J connectivity index is 5.23. The van der Waals surface area contributed by atoms with Crippen LogP contribution in [0, 0.1) is 0 Å². The fourth-order valence-electron chi connectivity index (χ4n) is 2.98. The summed E-state index contributed by atoms with van der Waals surface area (Å²) >= 11 is 4.05. The highest BCUT2D eigenvalue weighted by Crippen LogP contribution is 2.04. The Labute approximate surface area is 225 Å². The van der Waals surface area contributed by atoms with Gasteiger partial charge in [0.1, 0.15) is 18.1 Å². The van der Waals surface area contributed by atoms with Gasteiger partial charge in [0.25, 0.3) is 0 Å². The van der Waals surface area contributed by atoms with Crippen molar-refractivity contribution in [2.75, 3.05) is 18.8 Å². The van der Waals surface area contributed by atoms with E-state index in [1.165, 1.54) is 0 Å². The van der Waals surface area contributed by atoms with Crippen molar-refractivity contribution in [3.63, 3.8) is 0 Å². The molecule has 0 aromatic heterocycles. The van der Waals surface area contributed by atoms with E-state index in [9.17, 15) is 29.1 Å². The number of nitrogens with one attached hydrogen (secondary N) is 3. The largest absolute Gasteiger partial charge is 0.480 e. The third-order valence-corrected chi connectivity index (χ3v) is 5.36. The van der Waals surface area contributed by atoms with Crippen LogP contribution in [-0.4, -0.2) is 89.6 Å². The second kappa shape index (κ2) is 18.4. The zero-order valence-corrected chi connectivity index (χ0v) is 21.9. The number of nitrogens with two attached hydrogens (primary N) is 6. The lowest BCUT2D eigenvalue weighted by Crippen LogP contribution is -2.57. The lowest BCUT2D eigenvalue weighted by Gasteiger charge is -2.24. The molecule has 0 aromatic carbocycles. The van der Waals surface area contributed by atoms with Crippen LogP contribution in [0.1, 0.15) is 38.5 Å². The number of hydrogen-bond acceptors (Lipinski definition) is 9. The Morgan fingerprint density at radius 3 is 1.66 bits per heavy atom. The number of carbonyl (C=O) groups is 5. The van der Waals surface area contributed by atoms with Crippen molar-refractivity contribution in [2.45, 2.75) is 62.7 Å². The molecule has 0 heterocycles. The van der Waals surface area contributed by atoms with Crippen LogP contribution in [0.5, 0.6) is 0 Å². The number of aliphatic imine (C=N–C) groups is 2. The number of aliphatic carboxylic acids is 1. The number of amides is 4. The van der Waals surface area contributed by atoms with Crippen molar-refractivity contribution in [2.24, 2.45) is 44.4 Å². The van der Waals surface area contributed by atoms with E-state index in [1.54, 1.807) is 0 Å². The molecule has 0 radical (unpaired) electrons. The summed E-state index contributed by atoms with van der Waals surface area (Å²) in [6, 6.07) is -4.80. The maximum absolute atomic E-state index is 12.9. The van der Waals surface area contributed by atoms with Gasteiger partial charge in [0.15, 0.2) is 11.9 Å². The van der Waals surface area contributed by atoms with Crippen LogP contribution in [0.3, 0.4) is 0 Å². The fourth-order valence-corrected chi connectivity index (χ4v) is 3.24. The van der Waals surface area contributed by atoms with E-state index in [4.69, 9.17) is 34.4 Å². The molecule has 0 spiro atoms. The molecule has 4 unspecified atom stereocenters. The van der Waals surface area contributed by atoms with E-state index in [2.05, 4.69) is 38.6 Å². The first-order chi connectivity index (χ1) is 17.8. The smallest absolute Gasteiger partial charge is 0.326 e. The van der Waals surface area contributed by atoms with E-state index in [0.717, 1.165) is 0 Å². The fraction of sp³-hybridized carbons (Fsp3) is 0.650. The molecule has 0 aliphatic heterocycles. The van der Waals surface area contributed by atoms with Crippen molar-refractivity contribution >= 4 is 54.1 Å². The minimum absolute atomic E-state index is 0.0173. The Morgan fingerprint density at radius 2 is 1.18 bits per heavy atom. The summed E-state index contributed by atoms with van der Waals surface area (Å²) in [7, 11) is 0. The van der Waals surface area contributed by atoms with Crippen molar-refractivity contribution in [3.05, 3.63) is 0 Å². The monoisotopic (exact) mass is 561 g/mol. The lowest BCUT2D eigenvalue weighted by atomic mass is 10.1. The maximum atomic E-state index is 12.9. The third kappa shape index (κ3) is 15.3. The summed E-state index contributed by atoms with van der Waals surface area (Å²) in [4.78, 5) is 68.4. The molecule has 216 valence electrons. The number of rotatable bonds is 19. The molecule has 17 nitrogen and oxygen atoms in total. The Kier molecular flexibility index (Phi) is 16.6. The molecule has 4 atom stereocenters. The number of hydrogen-bond donors (Lipinski definition) is 11. The van der Waals surface area contributed by atoms with E-state index < -0.39 is 53.8 Å². The molecule has 0 aliphatic rings. The molecule has 18 heteroatoms. The second-order valence-electron chi connectivity index (χ2n) is 8.21. The van der Waals surface area contributed by atoms with Crippen molar-refractivity contribution < 1.29 is 29.1 Å². The first-order valence-electron chi connectivity index (χ1n) is 11.7. The maximum Gasteiger partial charge on any atom is 0.326 e. The second-order valence-corrected chi connectivity index (χ2v) is 8.58. The molecule has 0 rings (SSSR count). The van der Waals surface area contributed by atoms with Gasteiger partial charge in [-0.3, -0.25) is 29.2 Å². The van der Waals surface area contributed by atoms with Crippen LogP contribution in [0.15, 0.2) is 9.98 Å². The number of carbonyl (C=O) groups excluding carboxylic acids is 4. The highest BCUT2D eigenvalue weighted by Gasteiger charge is 2.29. The third-order valence-electron chi connectivity index (χ3n) is 4.99. The van der Waals surface area contributed by atoms with Gasteiger partial charge in [0.05, 0.1) is 6.04 Å². The lowest BCUT2D eigenvalue weighted by molar-refractivity contribution is -0.142. The average molecular weight is 562 g/mol. The van der Waals surface area contributed by atoms with Gasteiger partial charge in [-0.05, 0) is 32.1 Å². The van der Waals surface area contributed by atoms with Gasteiger partial charge in [-0.2, -0.15) is 12.6 Å². The topological polar surface area (TPSA) is 323 Å². The molecule has 0 aliphatic carbocycles. The van der Waals surface area contributed by atoms with Crippen LogP contribution in [0.25, 0.3) is 0 Å². The standard InChI is InChI=1S/C20H39N11O6S/c21-10(3-1-7-27-19(23)24)15(33)29-11(5-6-14(22)32)16(34)31-13(9-38)17(35)30-12(18(36)37)4-2-8-28-20(25)26/h10-13,38H,1-9,21H2,(H2,22,32)(H,29,33)(H,30,35)(H,31,34)(H,36,37)(H4,23,24,27)(H4,25,26,28). The Hall–Kier alpha value is -3.80.